The van der Waals surface area contributed by atoms with Crippen LogP contribution in [0.4, 0.5) is 4.39 Å². The van der Waals surface area contributed by atoms with E-state index in [4.69, 9.17) is 0 Å². The summed E-state index contributed by atoms with van der Waals surface area (Å²) < 4.78 is 15.2. The highest BCUT2D eigenvalue weighted by Gasteiger charge is 2.17. The normalized spacial score (nSPS) is 12.7. The van der Waals surface area contributed by atoms with Gasteiger partial charge in [-0.2, -0.15) is 0 Å². The first-order chi connectivity index (χ1) is 10.2. The molecule has 0 spiro atoms. The molecule has 1 nitrogen and oxygen atoms in total. The first kappa shape index (κ1) is 14.7. The van der Waals surface area contributed by atoms with Crippen LogP contribution in [-0.4, -0.2) is 6.54 Å². The summed E-state index contributed by atoms with van der Waals surface area (Å²) in [7, 11) is 0. The van der Waals surface area contributed by atoms with Gasteiger partial charge in [0.15, 0.2) is 0 Å². The van der Waals surface area contributed by atoms with Crippen LogP contribution >= 0.6 is 27.3 Å². The highest BCUT2D eigenvalue weighted by molar-refractivity contribution is 9.10. The third-order valence-electron chi connectivity index (χ3n) is 3.41. The number of halogens is 2. The molecule has 1 aromatic heterocycles. The zero-order valence-electron chi connectivity index (χ0n) is 11.6. The first-order valence-corrected chi connectivity index (χ1v) is 8.47. The Kier molecular flexibility index (Phi) is 4.38. The van der Waals surface area contributed by atoms with E-state index in [2.05, 4.69) is 58.5 Å². The van der Waals surface area contributed by atoms with E-state index in [9.17, 15) is 4.39 Å². The van der Waals surface area contributed by atoms with E-state index >= 15 is 0 Å². The van der Waals surface area contributed by atoms with Crippen LogP contribution < -0.4 is 5.32 Å². The molecule has 0 aliphatic carbocycles. The van der Waals surface area contributed by atoms with E-state index in [-0.39, 0.29) is 11.9 Å². The van der Waals surface area contributed by atoms with E-state index in [1.54, 1.807) is 11.3 Å². The van der Waals surface area contributed by atoms with E-state index < -0.39 is 0 Å². The van der Waals surface area contributed by atoms with Gasteiger partial charge in [0.05, 0.1) is 10.5 Å². The molecule has 21 heavy (non-hydrogen) atoms. The number of fused-ring (bicyclic) bond motifs is 1. The molecule has 0 radical (unpaired) electrons. The van der Waals surface area contributed by atoms with Gasteiger partial charge in [-0.3, -0.25) is 0 Å². The Labute approximate surface area is 135 Å². The summed E-state index contributed by atoms with van der Waals surface area (Å²) in [5, 5.41) is 4.74. The molecule has 2 aromatic carbocycles. The number of thiophene rings is 1. The van der Waals surface area contributed by atoms with Gasteiger partial charge >= 0.3 is 0 Å². The summed E-state index contributed by atoms with van der Waals surface area (Å²) in [4.78, 5) is 1.25. The second-order valence-electron chi connectivity index (χ2n) is 4.85. The highest BCUT2D eigenvalue weighted by atomic mass is 79.9. The fourth-order valence-corrected chi connectivity index (χ4v) is 3.99. The Morgan fingerprint density at radius 1 is 1.19 bits per heavy atom. The summed E-state index contributed by atoms with van der Waals surface area (Å²) in [5.41, 5.74) is 1.07. The lowest BCUT2D eigenvalue weighted by Gasteiger charge is -2.17. The molecular formula is C17H15BrFNS. The number of hydrogen-bond donors (Lipinski definition) is 1. The molecule has 0 saturated heterocycles. The zero-order valence-corrected chi connectivity index (χ0v) is 14.0. The minimum Gasteiger partial charge on any atom is -0.306 e. The van der Waals surface area contributed by atoms with Crippen LogP contribution in [-0.2, 0) is 0 Å². The van der Waals surface area contributed by atoms with Gasteiger partial charge in [-0.15, -0.1) is 11.3 Å². The predicted octanol–water partition coefficient (Wildman–Crippen LogP) is 5.50. The molecule has 1 N–H and O–H groups in total. The maximum Gasteiger partial charge on any atom is 0.137 e. The molecule has 0 amide bonds. The topological polar surface area (TPSA) is 12.0 Å². The fraction of sp³-hybridized carbons (Fsp3) is 0.176. The highest BCUT2D eigenvalue weighted by Crippen LogP contribution is 2.34. The van der Waals surface area contributed by atoms with Crippen molar-refractivity contribution in [1.82, 2.24) is 5.32 Å². The predicted molar refractivity (Wildman–Crippen MR) is 91.4 cm³/mol. The summed E-state index contributed by atoms with van der Waals surface area (Å²) >= 11 is 5.05. The van der Waals surface area contributed by atoms with Crippen molar-refractivity contribution >= 4 is 37.4 Å². The summed E-state index contributed by atoms with van der Waals surface area (Å²) in [6, 6.07) is 15.9. The zero-order chi connectivity index (χ0) is 14.8. The Morgan fingerprint density at radius 3 is 2.71 bits per heavy atom. The van der Waals surface area contributed by atoms with Gasteiger partial charge in [0.25, 0.3) is 0 Å². The van der Waals surface area contributed by atoms with Crippen LogP contribution in [0.2, 0.25) is 0 Å². The van der Waals surface area contributed by atoms with Gasteiger partial charge in [-0.05, 0) is 57.7 Å². The van der Waals surface area contributed by atoms with E-state index in [0.717, 1.165) is 12.1 Å². The van der Waals surface area contributed by atoms with E-state index in [1.807, 2.05) is 12.1 Å². The Bertz CT molecular complexity index is 735. The van der Waals surface area contributed by atoms with Crippen LogP contribution in [0.5, 0.6) is 0 Å². The molecule has 0 fully saturated rings. The molecule has 0 aliphatic rings. The molecule has 4 heteroatoms. The van der Waals surface area contributed by atoms with Crippen molar-refractivity contribution in [2.24, 2.45) is 0 Å². The standard InChI is InChI=1S/C17H15BrFNS/c1-2-20-17(12-7-8-14(19)13(18)9-12)16-10-11-5-3-4-6-15(11)21-16/h3-10,17,20H,2H2,1H3. The van der Waals surface area contributed by atoms with Gasteiger partial charge < -0.3 is 5.32 Å². The number of benzene rings is 2. The average molecular weight is 364 g/mol. The molecule has 0 bridgehead atoms. The van der Waals surface area contributed by atoms with Crippen molar-refractivity contribution in [2.45, 2.75) is 13.0 Å². The second kappa shape index (κ2) is 6.26. The van der Waals surface area contributed by atoms with Gasteiger partial charge in [-0.25, -0.2) is 4.39 Å². The lowest BCUT2D eigenvalue weighted by Crippen LogP contribution is -2.21. The quantitative estimate of drug-likeness (QED) is 0.644. The number of nitrogens with one attached hydrogen (secondary N) is 1. The van der Waals surface area contributed by atoms with E-state index in [1.165, 1.54) is 21.0 Å². The Hall–Kier alpha value is -1.23. The fourth-order valence-electron chi connectivity index (χ4n) is 2.42. The average Bonchev–Trinajstić information content (AvgIpc) is 2.91. The monoisotopic (exact) mass is 363 g/mol. The van der Waals surface area contributed by atoms with Gasteiger partial charge in [0.1, 0.15) is 5.82 Å². The number of hydrogen-bond acceptors (Lipinski definition) is 2. The lowest BCUT2D eigenvalue weighted by atomic mass is 10.0. The molecule has 1 atom stereocenters. The van der Waals surface area contributed by atoms with Crippen molar-refractivity contribution in [3.63, 3.8) is 0 Å². The smallest absolute Gasteiger partial charge is 0.137 e. The van der Waals surface area contributed by atoms with Crippen molar-refractivity contribution < 1.29 is 4.39 Å². The molecule has 1 heterocycles. The Morgan fingerprint density at radius 2 is 2.00 bits per heavy atom. The molecule has 3 aromatic rings. The first-order valence-electron chi connectivity index (χ1n) is 6.86. The second-order valence-corrected chi connectivity index (χ2v) is 6.82. The number of rotatable bonds is 4. The van der Waals surface area contributed by atoms with Gasteiger partial charge in [-0.1, -0.05) is 31.2 Å². The van der Waals surface area contributed by atoms with Gasteiger partial charge in [0.2, 0.25) is 0 Å². The maximum absolute atomic E-state index is 13.5. The van der Waals surface area contributed by atoms with E-state index in [0.29, 0.717) is 4.47 Å². The summed E-state index contributed by atoms with van der Waals surface area (Å²) in [6.45, 7) is 2.94. The SMILES string of the molecule is CCNC(c1ccc(F)c(Br)c1)c1cc2ccccc2s1. The van der Waals surface area contributed by atoms with Crippen molar-refractivity contribution in [3.05, 3.63) is 69.3 Å². The lowest BCUT2D eigenvalue weighted by molar-refractivity contribution is 0.611. The molecule has 3 rings (SSSR count). The molecule has 108 valence electrons. The molecule has 0 aliphatic heterocycles. The molecular weight excluding hydrogens is 349 g/mol. The van der Waals surface area contributed by atoms with Crippen molar-refractivity contribution in [2.75, 3.05) is 6.54 Å². The summed E-state index contributed by atoms with van der Waals surface area (Å²) in [6.07, 6.45) is 0. The van der Waals surface area contributed by atoms with Crippen LogP contribution in [0.1, 0.15) is 23.4 Å². The molecule has 1 unspecified atom stereocenters. The third-order valence-corrected chi connectivity index (χ3v) is 5.20. The third kappa shape index (κ3) is 3.03. The van der Waals surface area contributed by atoms with Crippen LogP contribution in [0.25, 0.3) is 10.1 Å². The van der Waals surface area contributed by atoms with Crippen LogP contribution in [0, 0.1) is 5.82 Å². The van der Waals surface area contributed by atoms with Crippen molar-refractivity contribution in [1.29, 1.82) is 0 Å². The minimum atomic E-state index is -0.231. The van der Waals surface area contributed by atoms with Crippen LogP contribution in [0.15, 0.2) is 53.0 Å². The molecule has 0 saturated carbocycles. The summed E-state index contributed by atoms with van der Waals surface area (Å²) in [5.74, 6) is -0.231. The van der Waals surface area contributed by atoms with Gasteiger partial charge in [0, 0.05) is 9.58 Å². The minimum absolute atomic E-state index is 0.0873. The Balaban J connectivity index is 2.05. The largest absolute Gasteiger partial charge is 0.306 e. The van der Waals surface area contributed by atoms with Crippen LogP contribution in [0.3, 0.4) is 0 Å². The van der Waals surface area contributed by atoms with Crippen molar-refractivity contribution in [3.8, 4) is 0 Å². The maximum atomic E-state index is 13.5.